The summed E-state index contributed by atoms with van der Waals surface area (Å²) in [5, 5.41) is 18.3. The molecule has 3 atom stereocenters. The first-order valence-corrected chi connectivity index (χ1v) is 23.7. The Morgan fingerprint density at radius 2 is 0.930 bits per heavy atom. The summed E-state index contributed by atoms with van der Waals surface area (Å²) in [7, 11) is -4.64. The number of hydrogen-bond acceptors (Lipinski definition) is 9. The van der Waals surface area contributed by atoms with Crippen molar-refractivity contribution in [3.05, 3.63) is 60.8 Å². The number of aliphatic hydroxyl groups is 2. The van der Waals surface area contributed by atoms with Crippen molar-refractivity contribution in [2.24, 2.45) is 0 Å². The molecule has 10 nitrogen and oxygen atoms in total. The first-order valence-electron chi connectivity index (χ1n) is 22.2. The second-order valence-electron chi connectivity index (χ2n) is 14.7. The lowest BCUT2D eigenvalue weighted by Gasteiger charge is -2.20. The summed E-state index contributed by atoms with van der Waals surface area (Å²) in [6.07, 6.45) is 46.2. The van der Waals surface area contributed by atoms with Crippen molar-refractivity contribution in [2.75, 3.05) is 26.4 Å². The molecule has 0 saturated carbocycles. The average molecular weight is 825 g/mol. The van der Waals surface area contributed by atoms with Gasteiger partial charge in [-0.3, -0.25) is 18.6 Å². The van der Waals surface area contributed by atoms with Crippen LogP contribution in [0.25, 0.3) is 0 Å². The van der Waals surface area contributed by atoms with E-state index in [-0.39, 0.29) is 19.4 Å². The number of allylic oxidation sites excluding steroid dienone is 10. The lowest BCUT2D eigenvalue weighted by Crippen LogP contribution is -2.29. The van der Waals surface area contributed by atoms with Gasteiger partial charge in [-0.15, -0.1) is 0 Å². The largest absolute Gasteiger partial charge is 0.472 e. The van der Waals surface area contributed by atoms with Gasteiger partial charge < -0.3 is 24.6 Å². The standard InChI is InChI=1S/C46H81O10P/c1-3-5-7-9-11-13-15-17-19-21-23-25-27-29-31-33-35-37-45(49)53-41-44(42-55-57(51,52)54-40-43(48)39-47)56-46(50)38-36-34-32-30-28-26-24-22-20-18-16-14-12-10-8-6-4-2/h11,13,17-20,24,26,30,32,43-44,47-48H,3-10,12,14-16,21-23,25,27-29,31,33-42H2,1-2H3,(H,51,52)/b13-11+,19-17+,20-18+,26-24+,32-30+/t43-,44+/m0/s1. The maximum absolute atomic E-state index is 12.6. The van der Waals surface area contributed by atoms with E-state index in [2.05, 4.69) is 73.1 Å². The van der Waals surface area contributed by atoms with Crippen LogP contribution in [-0.4, -0.2) is 65.7 Å². The number of ether oxygens (including phenoxy) is 2. The van der Waals surface area contributed by atoms with Gasteiger partial charge in [0.2, 0.25) is 0 Å². The Kier molecular flexibility index (Phi) is 40.1. The monoisotopic (exact) mass is 825 g/mol. The highest BCUT2D eigenvalue weighted by Gasteiger charge is 2.27. The second-order valence-corrected chi connectivity index (χ2v) is 16.2. The maximum Gasteiger partial charge on any atom is 0.472 e. The molecule has 0 aliphatic heterocycles. The van der Waals surface area contributed by atoms with Crippen molar-refractivity contribution in [3.63, 3.8) is 0 Å². The van der Waals surface area contributed by atoms with E-state index in [9.17, 15) is 24.2 Å². The predicted octanol–water partition coefficient (Wildman–Crippen LogP) is 11.9. The third-order valence-corrected chi connectivity index (χ3v) is 10.1. The van der Waals surface area contributed by atoms with E-state index in [1.165, 1.54) is 83.5 Å². The molecule has 0 radical (unpaired) electrons. The van der Waals surface area contributed by atoms with Gasteiger partial charge in [0.15, 0.2) is 6.10 Å². The first kappa shape index (κ1) is 54.7. The van der Waals surface area contributed by atoms with Gasteiger partial charge in [-0.1, -0.05) is 152 Å². The van der Waals surface area contributed by atoms with Crippen LogP contribution in [0.2, 0.25) is 0 Å². The Hall–Kier alpha value is -2.33. The van der Waals surface area contributed by atoms with Gasteiger partial charge in [0.25, 0.3) is 0 Å². The Bertz CT molecular complexity index is 1130. The number of aliphatic hydroxyl groups excluding tert-OH is 2. The number of phosphoric acid groups is 1. The summed E-state index contributed by atoms with van der Waals surface area (Å²) in [4.78, 5) is 35.0. The van der Waals surface area contributed by atoms with Crippen LogP contribution in [0.15, 0.2) is 60.8 Å². The third kappa shape index (κ3) is 41.6. The van der Waals surface area contributed by atoms with Crippen molar-refractivity contribution in [3.8, 4) is 0 Å². The number of unbranched alkanes of at least 4 members (excludes halogenated alkanes) is 17. The average Bonchev–Trinajstić information content (AvgIpc) is 3.20. The fraction of sp³-hybridized carbons (Fsp3) is 0.739. The Morgan fingerprint density at radius 3 is 1.46 bits per heavy atom. The maximum atomic E-state index is 12.6. The number of phosphoric ester groups is 1. The first-order chi connectivity index (χ1) is 27.7. The molecule has 0 aromatic rings. The molecule has 57 heavy (non-hydrogen) atoms. The van der Waals surface area contributed by atoms with Gasteiger partial charge in [0.05, 0.1) is 19.8 Å². The molecule has 11 heteroatoms. The minimum Gasteiger partial charge on any atom is -0.462 e. The fourth-order valence-electron chi connectivity index (χ4n) is 5.69. The summed E-state index contributed by atoms with van der Waals surface area (Å²) in [6, 6.07) is 0. The van der Waals surface area contributed by atoms with Gasteiger partial charge in [-0.2, -0.15) is 0 Å². The Morgan fingerprint density at radius 1 is 0.526 bits per heavy atom. The van der Waals surface area contributed by atoms with E-state index in [1.54, 1.807) is 0 Å². The van der Waals surface area contributed by atoms with Gasteiger partial charge in [0.1, 0.15) is 12.7 Å². The van der Waals surface area contributed by atoms with Crippen molar-refractivity contribution < 1.29 is 47.8 Å². The van der Waals surface area contributed by atoms with E-state index in [0.717, 1.165) is 51.4 Å². The molecule has 0 heterocycles. The highest BCUT2D eigenvalue weighted by atomic mass is 31.2. The van der Waals surface area contributed by atoms with Crippen LogP contribution in [0.1, 0.15) is 181 Å². The summed E-state index contributed by atoms with van der Waals surface area (Å²) < 4.78 is 32.7. The normalized spacial score (nSPS) is 14.4. The van der Waals surface area contributed by atoms with Crippen LogP contribution in [0.4, 0.5) is 0 Å². The number of rotatable bonds is 41. The Balaban J connectivity index is 4.39. The highest BCUT2D eigenvalue weighted by Crippen LogP contribution is 2.43. The molecule has 3 N–H and O–H groups in total. The zero-order valence-electron chi connectivity index (χ0n) is 35.8. The molecule has 0 rings (SSSR count). The minimum absolute atomic E-state index is 0.109. The predicted molar refractivity (Wildman–Crippen MR) is 233 cm³/mol. The van der Waals surface area contributed by atoms with Crippen LogP contribution in [0.3, 0.4) is 0 Å². The number of esters is 2. The molecule has 0 bridgehead atoms. The third-order valence-electron chi connectivity index (χ3n) is 9.14. The zero-order valence-corrected chi connectivity index (χ0v) is 36.7. The SMILES string of the molecule is CCCCC/C=C/C/C=C/CCCCCCCCCC(=O)OC[C@H](COP(=O)(O)OC[C@@H](O)CO)OC(=O)CCC/C=C/C/C=C/C/C=C/CCCCCCCC. The van der Waals surface area contributed by atoms with E-state index in [4.69, 9.17) is 19.1 Å². The summed E-state index contributed by atoms with van der Waals surface area (Å²) >= 11 is 0. The van der Waals surface area contributed by atoms with E-state index in [0.29, 0.717) is 19.3 Å². The topological polar surface area (TPSA) is 149 Å². The quantitative estimate of drug-likeness (QED) is 0.0235. The van der Waals surface area contributed by atoms with Crippen molar-refractivity contribution >= 4 is 19.8 Å². The zero-order chi connectivity index (χ0) is 41.9. The van der Waals surface area contributed by atoms with Crippen LogP contribution in [-0.2, 0) is 32.7 Å². The molecule has 0 aromatic heterocycles. The molecule has 0 aliphatic rings. The summed E-state index contributed by atoms with van der Waals surface area (Å²) in [5.41, 5.74) is 0. The van der Waals surface area contributed by atoms with Gasteiger partial charge in [-0.25, -0.2) is 4.57 Å². The van der Waals surface area contributed by atoms with Crippen LogP contribution in [0, 0.1) is 0 Å². The number of carbonyl (C=O) groups excluding carboxylic acids is 2. The second kappa shape index (κ2) is 41.8. The lowest BCUT2D eigenvalue weighted by molar-refractivity contribution is -0.161. The molecule has 0 aromatic carbocycles. The molecular weight excluding hydrogens is 743 g/mol. The number of carbonyl (C=O) groups is 2. The van der Waals surface area contributed by atoms with E-state index in [1.807, 2.05) is 6.08 Å². The molecular formula is C46H81O10P. The van der Waals surface area contributed by atoms with E-state index < -0.39 is 51.8 Å². The van der Waals surface area contributed by atoms with Crippen LogP contribution in [0.5, 0.6) is 0 Å². The molecule has 0 amide bonds. The van der Waals surface area contributed by atoms with Crippen LogP contribution < -0.4 is 0 Å². The molecule has 1 unspecified atom stereocenters. The van der Waals surface area contributed by atoms with Crippen LogP contribution >= 0.6 is 7.82 Å². The van der Waals surface area contributed by atoms with Gasteiger partial charge >= 0.3 is 19.8 Å². The van der Waals surface area contributed by atoms with Crippen molar-refractivity contribution in [1.82, 2.24) is 0 Å². The Labute approximate surface area is 346 Å². The van der Waals surface area contributed by atoms with Crippen molar-refractivity contribution in [1.29, 1.82) is 0 Å². The summed E-state index contributed by atoms with van der Waals surface area (Å²) in [5.74, 6) is -0.997. The molecule has 330 valence electrons. The van der Waals surface area contributed by atoms with Gasteiger partial charge in [0, 0.05) is 12.8 Å². The van der Waals surface area contributed by atoms with E-state index >= 15 is 0 Å². The highest BCUT2D eigenvalue weighted by molar-refractivity contribution is 7.47. The molecule has 0 saturated heterocycles. The fourth-order valence-corrected chi connectivity index (χ4v) is 6.48. The number of hydrogen-bond donors (Lipinski definition) is 3. The smallest absolute Gasteiger partial charge is 0.462 e. The minimum atomic E-state index is -4.64. The van der Waals surface area contributed by atoms with Crippen molar-refractivity contribution in [2.45, 2.75) is 193 Å². The molecule has 0 spiro atoms. The molecule has 0 fully saturated rings. The lowest BCUT2D eigenvalue weighted by atomic mass is 10.1. The molecule has 0 aliphatic carbocycles. The van der Waals surface area contributed by atoms with Gasteiger partial charge in [-0.05, 0) is 77.0 Å². The summed E-state index contributed by atoms with van der Waals surface area (Å²) in [6.45, 7) is 2.28.